The summed E-state index contributed by atoms with van der Waals surface area (Å²) < 4.78 is 33.6. The fraction of sp³-hybridized carbons (Fsp3) is 0.462. The lowest BCUT2D eigenvalue weighted by molar-refractivity contribution is -0.147. The van der Waals surface area contributed by atoms with E-state index in [0.717, 1.165) is 5.56 Å². The zero-order valence-corrected chi connectivity index (χ0v) is 12.1. The largest absolute Gasteiger partial charge is 0.460 e. The second-order valence-corrected chi connectivity index (χ2v) is 5.81. The quantitative estimate of drug-likeness (QED) is 0.591. The number of hydrogen-bond donors (Lipinski definition) is 0. The van der Waals surface area contributed by atoms with E-state index in [1.54, 1.807) is 19.1 Å². The van der Waals surface area contributed by atoms with E-state index < -0.39 is 22.2 Å². The van der Waals surface area contributed by atoms with Crippen LogP contribution in [0.4, 0.5) is 0 Å². The molecule has 1 atom stereocenters. The number of ether oxygens (including phenoxy) is 1. The first-order valence-corrected chi connectivity index (χ1v) is 7.39. The van der Waals surface area contributed by atoms with Crippen molar-refractivity contribution in [3.05, 3.63) is 29.8 Å². The van der Waals surface area contributed by atoms with Gasteiger partial charge in [0, 0.05) is 6.92 Å². The van der Waals surface area contributed by atoms with Gasteiger partial charge in [0.25, 0.3) is 10.1 Å². The Labute approximate surface area is 113 Å². The molecule has 106 valence electrons. The lowest BCUT2D eigenvalue weighted by atomic mass is 10.2. The third kappa shape index (κ3) is 5.00. The fourth-order valence-corrected chi connectivity index (χ4v) is 2.34. The lowest BCUT2D eigenvalue weighted by Crippen LogP contribution is -2.23. The van der Waals surface area contributed by atoms with Crippen molar-refractivity contribution in [2.75, 3.05) is 6.61 Å². The highest BCUT2D eigenvalue weighted by Crippen LogP contribution is 2.14. The standard InChI is InChI=1S/C13H18O5S/c1-4-12(18-11(3)14)9-17-19(15,16)13-7-5-10(2)6-8-13/h5-8,12H,4,9H2,1-3H3/t12-/m1/s1. The highest BCUT2D eigenvalue weighted by molar-refractivity contribution is 7.86. The molecule has 0 saturated carbocycles. The van der Waals surface area contributed by atoms with Crippen LogP contribution in [-0.2, 0) is 23.8 Å². The molecule has 0 bridgehead atoms. The molecule has 5 nitrogen and oxygen atoms in total. The van der Waals surface area contributed by atoms with Gasteiger partial charge in [0.05, 0.1) is 4.90 Å². The summed E-state index contributed by atoms with van der Waals surface area (Å²) in [5.74, 6) is -0.455. The predicted molar refractivity (Wildman–Crippen MR) is 70.2 cm³/mol. The first-order valence-electron chi connectivity index (χ1n) is 5.98. The van der Waals surface area contributed by atoms with Crippen LogP contribution in [0.15, 0.2) is 29.2 Å². The zero-order valence-electron chi connectivity index (χ0n) is 11.3. The fourth-order valence-electron chi connectivity index (χ4n) is 1.41. The molecule has 0 aliphatic rings. The average molecular weight is 286 g/mol. The van der Waals surface area contributed by atoms with E-state index in [1.165, 1.54) is 19.1 Å². The summed E-state index contributed by atoms with van der Waals surface area (Å²) in [5, 5.41) is 0. The van der Waals surface area contributed by atoms with Crippen molar-refractivity contribution in [3.63, 3.8) is 0 Å². The molecule has 0 N–H and O–H groups in total. The Hall–Kier alpha value is -1.40. The maximum atomic E-state index is 11.9. The van der Waals surface area contributed by atoms with Crippen molar-refractivity contribution in [2.24, 2.45) is 0 Å². The van der Waals surface area contributed by atoms with Gasteiger partial charge >= 0.3 is 5.97 Å². The summed E-state index contributed by atoms with van der Waals surface area (Å²) in [5.41, 5.74) is 0.963. The summed E-state index contributed by atoms with van der Waals surface area (Å²) >= 11 is 0. The molecule has 19 heavy (non-hydrogen) atoms. The molecule has 0 aliphatic heterocycles. The van der Waals surface area contributed by atoms with Gasteiger partial charge < -0.3 is 4.74 Å². The zero-order chi connectivity index (χ0) is 14.5. The van der Waals surface area contributed by atoms with Crippen LogP contribution in [-0.4, -0.2) is 27.1 Å². The first-order chi connectivity index (χ1) is 8.85. The van der Waals surface area contributed by atoms with Gasteiger partial charge in [-0.1, -0.05) is 24.6 Å². The van der Waals surface area contributed by atoms with Gasteiger partial charge in [-0.15, -0.1) is 0 Å². The van der Waals surface area contributed by atoms with Gasteiger partial charge in [0.15, 0.2) is 0 Å². The van der Waals surface area contributed by atoms with E-state index in [1.807, 2.05) is 6.92 Å². The monoisotopic (exact) mass is 286 g/mol. The lowest BCUT2D eigenvalue weighted by Gasteiger charge is -2.15. The van der Waals surface area contributed by atoms with Crippen LogP contribution in [0, 0.1) is 6.92 Å². The minimum absolute atomic E-state index is 0.0933. The maximum absolute atomic E-state index is 11.9. The van der Waals surface area contributed by atoms with Crippen LogP contribution in [0.1, 0.15) is 25.8 Å². The number of benzene rings is 1. The Bertz CT molecular complexity index is 518. The van der Waals surface area contributed by atoms with Gasteiger partial charge in [0.1, 0.15) is 12.7 Å². The van der Waals surface area contributed by atoms with Crippen LogP contribution in [0.2, 0.25) is 0 Å². The molecule has 0 radical (unpaired) electrons. The Morgan fingerprint density at radius 1 is 1.26 bits per heavy atom. The van der Waals surface area contributed by atoms with Gasteiger partial charge in [-0.25, -0.2) is 0 Å². The molecule has 0 saturated heterocycles. The van der Waals surface area contributed by atoms with Crippen LogP contribution >= 0.6 is 0 Å². The smallest absolute Gasteiger partial charge is 0.302 e. The minimum atomic E-state index is -3.81. The second kappa shape index (κ2) is 6.68. The molecule has 0 spiro atoms. The van der Waals surface area contributed by atoms with Gasteiger partial charge in [-0.2, -0.15) is 8.42 Å². The van der Waals surface area contributed by atoms with E-state index in [-0.39, 0.29) is 11.5 Å². The molecule has 0 aliphatic carbocycles. The van der Waals surface area contributed by atoms with E-state index in [4.69, 9.17) is 8.92 Å². The van der Waals surface area contributed by atoms with E-state index in [0.29, 0.717) is 6.42 Å². The van der Waals surface area contributed by atoms with Crippen molar-refractivity contribution in [3.8, 4) is 0 Å². The molecule has 0 fully saturated rings. The van der Waals surface area contributed by atoms with Crippen molar-refractivity contribution >= 4 is 16.1 Å². The van der Waals surface area contributed by atoms with Gasteiger partial charge in [-0.05, 0) is 25.5 Å². The van der Waals surface area contributed by atoms with Crippen molar-refractivity contribution in [2.45, 2.75) is 38.2 Å². The Morgan fingerprint density at radius 2 is 1.84 bits per heavy atom. The van der Waals surface area contributed by atoms with E-state index in [2.05, 4.69) is 0 Å². The average Bonchev–Trinajstić information content (AvgIpc) is 2.34. The topological polar surface area (TPSA) is 69.7 Å². The summed E-state index contributed by atoms with van der Waals surface area (Å²) in [6.07, 6.45) is -0.0686. The van der Waals surface area contributed by atoms with Crippen LogP contribution in [0.25, 0.3) is 0 Å². The third-order valence-corrected chi connectivity index (χ3v) is 3.80. The number of carbonyl (C=O) groups excluding carboxylic acids is 1. The number of aryl methyl sites for hydroxylation is 1. The van der Waals surface area contributed by atoms with Crippen molar-refractivity contribution in [1.82, 2.24) is 0 Å². The van der Waals surface area contributed by atoms with E-state index >= 15 is 0 Å². The Balaban J connectivity index is 2.69. The SMILES string of the molecule is CC[C@H](COS(=O)(=O)c1ccc(C)cc1)OC(C)=O. The molecule has 6 heteroatoms. The summed E-state index contributed by atoms with van der Waals surface area (Å²) in [6.45, 7) is 4.75. The summed E-state index contributed by atoms with van der Waals surface area (Å²) in [7, 11) is -3.81. The molecule has 0 aromatic heterocycles. The van der Waals surface area contributed by atoms with Crippen molar-refractivity contribution < 1.29 is 22.1 Å². The Morgan fingerprint density at radius 3 is 2.32 bits per heavy atom. The molecule has 0 heterocycles. The maximum Gasteiger partial charge on any atom is 0.302 e. The van der Waals surface area contributed by atoms with Crippen LogP contribution in [0.3, 0.4) is 0 Å². The number of carbonyl (C=O) groups is 1. The predicted octanol–water partition coefficient (Wildman–Crippen LogP) is 2.04. The third-order valence-electron chi connectivity index (χ3n) is 2.51. The number of rotatable bonds is 6. The molecule has 0 amide bonds. The highest BCUT2D eigenvalue weighted by Gasteiger charge is 2.19. The normalized spacial score (nSPS) is 13.0. The second-order valence-electron chi connectivity index (χ2n) is 4.19. The van der Waals surface area contributed by atoms with Gasteiger partial charge in [-0.3, -0.25) is 8.98 Å². The van der Waals surface area contributed by atoms with Crippen LogP contribution in [0.5, 0.6) is 0 Å². The first kappa shape index (κ1) is 15.7. The number of esters is 1. The van der Waals surface area contributed by atoms with Crippen molar-refractivity contribution in [1.29, 1.82) is 0 Å². The minimum Gasteiger partial charge on any atom is -0.460 e. The molecular weight excluding hydrogens is 268 g/mol. The number of hydrogen-bond acceptors (Lipinski definition) is 5. The van der Waals surface area contributed by atoms with E-state index in [9.17, 15) is 13.2 Å². The van der Waals surface area contributed by atoms with Crippen LogP contribution < -0.4 is 0 Å². The summed E-state index contributed by atoms with van der Waals surface area (Å²) in [6, 6.07) is 6.36. The molecule has 0 unspecified atom stereocenters. The molecular formula is C13H18O5S. The molecule has 1 aromatic rings. The Kier molecular flexibility index (Phi) is 5.50. The molecule has 1 rings (SSSR count). The summed E-state index contributed by atoms with van der Waals surface area (Å²) in [4.78, 5) is 10.9. The van der Waals surface area contributed by atoms with Gasteiger partial charge in [0.2, 0.25) is 0 Å². The molecule has 1 aromatic carbocycles. The highest BCUT2D eigenvalue weighted by atomic mass is 32.2.